The minimum atomic E-state index is -0.204. The Kier molecular flexibility index (Phi) is 4.98. The van der Waals surface area contributed by atoms with E-state index in [0.29, 0.717) is 12.5 Å². The van der Waals surface area contributed by atoms with Gasteiger partial charge in [-0.25, -0.2) is 9.38 Å². The molecule has 0 saturated heterocycles. The smallest absolute Gasteiger partial charge is 0.288 e. The Labute approximate surface area is 189 Å². The number of halogens is 1. The summed E-state index contributed by atoms with van der Waals surface area (Å²) in [6.07, 6.45) is 9.14. The molecule has 0 radical (unpaired) electrons. The molecule has 0 amide bonds. The Morgan fingerprint density at radius 3 is 2.56 bits per heavy atom. The number of rotatable bonds is 2. The molecule has 4 aliphatic rings. The van der Waals surface area contributed by atoms with Gasteiger partial charge in [-0.3, -0.25) is 0 Å². The molecule has 2 aromatic rings. The molecule has 2 fully saturated rings. The highest BCUT2D eigenvalue weighted by Crippen LogP contribution is 2.44. The second kappa shape index (κ2) is 7.87. The van der Waals surface area contributed by atoms with Gasteiger partial charge in [0.25, 0.3) is 6.02 Å². The number of fused-ring (bicyclic) bond motifs is 1. The zero-order valence-corrected chi connectivity index (χ0v) is 18.6. The van der Waals surface area contributed by atoms with E-state index in [2.05, 4.69) is 23.1 Å². The van der Waals surface area contributed by atoms with E-state index in [1.807, 2.05) is 12.1 Å². The molecular formula is C27H32FN3O. The summed E-state index contributed by atoms with van der Waals surface area (Å²) in [6, 6.07) is 14.7. The molecule has 0 aromatic heterocycles. The summed E-state index contributed by atoms with van der Waals surface area (Å²) in [6.45, 7) is 1.48. The zero-order valence-electron chi connectivity index (χ0n) is 18.6. The molecule has 168 valence electrons. The zero-order chi connectivity index (χ0) is 21.7. The minimum Gasteiger partial charge on any atom is -0.463 e. The molecule has 2 aliphatic heterocycles. The molecule has 6 rings (SSSR count). The average molecular weight is 434 g/mol. The van der Waals surface area contributed by atoms with Crippen molar-refractivity contribution >= 4 is 6.02 Å². The van der Waals surface area contributed by atoms with E-state index >= 15 is 0 Å². The van der Waals surface area contributed by atoms with Gasteiger partial charge in [-0.1, -0.05) is 43.2 Å². The van der Waals surface area contributed by atoms with Crippen molar-refractivity contribution in [2.24, 2.45) is 10.7 Å². The van der Waals surface area contributed by atoms with Crippen LogP contribution >= 0.6 is 0 Å². The molecule has 0 bridgehead atoms. The molecule has 3 atom stereocenters. The molecule has 2 N–H and O–H groups in total. The quantitative estimate of drug-likeness (QED) is 0.720. The standard InChI is InChI=1S/C27H32FN3O/c28-20-10-8-19(9-11-20)25-24-7-3-6-22(18-4-1-2-5-18)23(24)13-15-31(25)26-30-27(17-32-26)14-12-21(29)16-27/h3,6-11,18,21,25H,1-2,4-5,12-17,29H2/t21-,25-,27-/m0/s1. The monoisotopic (exact) mass is 433 g/mol. The number of aliphatic imine (C=N–C) groups is 1. The van der Waals surface area contributed by atoms with E-state index in [1.165, 1.54) is 42.4 Å². The highest BCUT2D eigenvalue weighted by atomic mass is 19.1. The Bertz CT molecular complexity index is 1030. The summed E-state index contributed by atoms with van der Waals surface area (Å²) in [5, 5.41) is 0. The lowest BCUT2D eigenvalue weighted by molar-refractivity contribution is 0.202. The fourth-order valence-corrected chi connectivity index (χ4v) is 6.52. The predicted molar refractivity (Wildman–Crippen MR) is 124 cm³/mol. The van der Waals surface area contributed by atoms with Gasteiger partial charge < -0.3 is 15.4 Å². The van der Waals surface area contributed by atoms with Gasteiger partial charge in [-0.15, -0.1) is 0 Å². The molecule has 2 saturated carbocycles. The molecule has 4 nitrogen and oxygen atoms in total. The number of hydrogen-bond donors (Lipinski definition) is 1. The van der Waals surface area contributed by atoms with Crippen molar-refractivity contribution in [3.05, 3.63) is 70.5 Å². The first kappa shape index (κ1) is 20.2. The molecule has 2 aromatic carbocycles. The first-order chi connectivity index (χ1) is 15.6. The van der Waals surface area contributed by atoms with Crippen LogP contribution in [0.4, 0.5) is 4.39 Å². The average Bonchev–Trinajstić information content (AvgIpc) is 3.56. The first-order valence-electron chi connectivity index (χ1n) is 12.2. The van der Waals surface area contributed by atoms with Gasteiger partial charge >= 0.3 is 0 Å². The molecule has 0 unspecified atom stereocenters. The highest BCUT2D eigenvalue weighted by molar-refractivity contribution is 5.78. The molecule has 2 heterocycles. The van der Waals surface area contributed by atoms with Gasteiger partial charge in [0, 0.05) is 12.6 Å². The number of amidine groups is 1. The van der Waals surface area contributed by atoms with E-state index < -0.39 is 0 Å². The summed E-state index contributed by atoms with van der Waals surface area (Å²) in [7, 11) is 0. The van der Waals surface area contributed by atoms with Crippen LogP contribution in [0.15, 0.2) is 47.5 Å². The Balaban J connectivity index is 1.42. The van der Waals surface area contributed by atoms with Gasteiger partial charge in [0.05, 0.1) is 6.04 Å². The van der Waals surface area contributed by atoms with Crippen molar-refractivity contribution in [2.75, 3.05) is 13.2 Å². The van der Waals surface area contributed by atoms with Gasteiger partial charge in [-0.05, 0) is 78.8 Å². The van der Waals surface area contributed by atoms with Crippen molar-refractivity contribution in [1.29, 1.82) is 0 Å². The third-order valence-corrected chi connectivity index (χ3v) is 8.11. The van der Waals surface area contributed by atoms with E-state index in [4.69, 9.17) is 15.5 Å². The molecule has 32 heavy (non-hydrogen) atoms. The third kappa shape index (κ3) is 3.42. The molecule has 1 spiro atoms. The van der Waals surface area contributed by atoms with E-state index in [0.717, 1.165) is 43.8 Å². The van der Waals surface area contributed by atoms with Crippen LogP contribution in [0, 0.1) is 5.82 Å². The van der Waals surface area contributed by atoms with E-state index in [-0.39, 0.29) is 23.4 Å². The topological polar surface area (TPSA) is 50.9 Å². The van der Waals surface area contributed by atoms with Crippen LogP contribution in [0.1, 0.15) is 79.2 Å². The van der Waals surface area contributed by atoms with Gasteiger partial charge in [0.15, 0.2) is 0 Å². The van der Waals surface area contributed by atoms with Crippen LogP contribution in [0.25, 0.3) is 0 Å². The van der Waals surface area contributed by atoms with E-state index in [1.54, 1.807) is 12.1 Å². The van der Waals surface area contributed by atoms with Crippen LogP contribution in [-0.2, 0) is 11.2 Å². The van der Waals surface area contributed by atoms with Gasteiger partial charge in [-0.2, -0.15) is 0 Å². The Morgan fingerprint density at radius 1 is 1.03 bits per heavy atom. The van der Waals surface area contributed by atoms with Crippen molar-refractivity contribution in [3.8, 4) is 0 Å². The summed E-state index contributed by atoms with van der Waals surface area (Å²) in [5.74, 6) is 0.470. The number of benzene rings is 2. The predicted octanol–water partition coefficient (Wildman–Crippen LogP) is 5.07. The van der Waals surface area contributed by atoms with Crippen molar-refractivity contribution in [1.82, 2.24) is 4.90 Å². The lowest BCUT2D eigenvalue weighted by Gasteiger charge is -2.39. The summed E-state index contributed by atoms with van der Waals surface area (Å²) < 4.78 is 20.0. The lowest BCUT2D eigenvalue weighted by atomic mass is 9.82. The van der Waals surface area contributed by atoms with E-state index in [9.17, 15) is 4.39 Å². The van der Waals surface area contributed by atoms with Gasteiger partial charge in [0.1, 0.15) is 18.0 Å². The Morgan fingerprint density at radius 2 is 1.81 bits per heavy atom. The Hall–Kier alpha value is -2.40. The molecule has 5 heteroatoms. The molecular weight excluding hydrogens is 401 g/mol. The summed E-state index contributed by atoms with van der Waals surface area (Å²) in [4.78, 5) is 7.44. The van der Waals surface area contributed by atoms with Crippen LogP contribution < -0.4 is 5.73 Å². The SMILES string of the molecule is N[C@H]1CC[C@@]2(COC(N3CCc4c(C5CCCC5)cccc4[C@@H]3c3ccc(F)cc3)=N2)C1. The molecule has 2 aliphatic carbocycles. The fraction of sp³-hybridized carbons (Fsp3) is 0.519. The van der Waals surface area contributed by atoms with Gasteiger partial charge in [0.2, 0.25) is 0 Å². The second-order valence-electron chi connectivity index (χ2n) is 10.2. The maximum absolute atomic E-state index is 13.8. The normalized spacial score (nSPS) is 29.9. The summed E-state index contributed by atoms with van der Waals surface area (Å²) >= 11 is 0. The number of nitrogens with two attached hydrogens (primary N) is 1. The van der Waals surface area contributed by atoms with Crippen molar-refractivity contribution in [3.63, 3.8) is 0 Å². The number of hydrogen-bond acceptors (Lipinski definition) is 4. The first-order valence-corrected chi connectivity index (χ1v) is 12.2. The third-order valence-electron chi connectivity index (χ3n) is 8.11. The van der Waals surface area contributed by atoms with Crippen LogP contribution in [0.3, 0.4) is 0 Å². The number of ether oxygens (including phenoxy) is 1. The lowest BCUT2D eigenvalue weighted by Crippen LogP contribution is -2.41. The van der Waals surface area contributed by atoms with Crippen molar-refractivity contribution in [2.45, 2.75) is 74.9 Å². The van der Waals surface area contributed by atoms with Crippen LogP contribution in [0.2, 0.25) is 0 Å². The fourth-order valence-electron chi connectivity index (χ4n) is 6.52. The maximum atomic E-state index is 13.8. The maximum Gasteiger partial charge on any atom is 0.288 e. The minimum absolute atomic E-state index is 0.00956. The van der Waals surface area contributed by atoms with Crippen LogP contribution in [0.5, 0.6) is 0 Å². The van der Waals surface area contributed by atoms with Crippen LogP contribution in [-0.4, -0.2) is 35.7 Å². The van der Waals surface area contributed by atoms with Crippen molar-refractivity contribution < 1.29 is 9.13 Å². The largest absolute Gasteiger partial charge is 0.463 e. The highest BCUT2D eigenvalue weighted by Gasteiger charge is 2.45. The summed E-state index contributed by atoms with van der Waals surface area (Å²) in [5.41, 5.74) is 11.5. The number of nitrogens with zero attached hydrogens (tertiary/aromatic N) is 2. The second-order valence-corrected chi connectivity index (χ2v) is 10.2.